The zero-order valence-electron chi connectivity index (χ0n) is 16.2. The van der Waals surface area contributed by atoms with Crippen LogP contribution in [0.2, 0.25) is 0 Å². The summed E-state index contributed by atoms with van der Waals surface area (Å²) in [5, 5.41) is 18.7. The van der Waals surface area contributed by atoms with Crippen molar-refractivity contribution in [1.29, 1.82) is 0 Å². The third-order valence-corrected chi connectivity index (χ3v) is 6.35. The van der Waals surface area contributed by atoms with E-state index in [1.165, 1.54) is 11.3 Å². The number of carboxylic acid groups (broad SMARTS) is 1. The van der Waals surface area contributed by atoms with Gasteiger partial charge in [-0.25, -0.2) is 0 Å². The minimum absolute atomic E-state index is 0.0624. The molecule has 30 heavy (non-hydrogen) atoms. The predicted octanol–water partition coefficient (Wildman–Crippen LogP) is 4.26. The van der Waals surface area contributed by atoms with Crippen LogP contribution in [0.5, 0.6) is 0 Å². The van der Waals surface area contributed by atoms with Crippen molar-refractivity contribution in [3.8, 4) is 0 Å². The van der Waals surface area contributed by atoms with Gasteiger partial charge < -0.3 is 15.7 Å². The van der Waals surface area contributed by atoms with Gasteiger partial charge in [0.05, 0.1) is 19.4 Å². The van der Waals surface area contributed by atoms with Crippen molar-refractivity contribution in [3.05, 3.63) is 74.6 Å². The molecular weight excluding hydrogens is 420 g/mol. The molecule has 3 aromatic rings. The molecule has 8 heteroatoms. The van der Waals surface area contributed by atoms with Crippen molar-refractivity contribution < 1.29 is 19.5 Å². The topological polar surface area (TPSA) is 95.5 Å². The van der Waals surface area contributed by atoms with E-state index in [-0.39, 0.29) is 37.0 Å². The fourth-order valence-corrected chi connectivity index (χ4v) is 4.47. The largest absolute Gasteiger partial charge is 0.481 e. The number of carbonyl (C=O) groups is 3. The Morgan fingerprint density at radius 1 is 0.900 bits per heavy atom. The molecule has 0 radical (unpaired) electrons. The van der Waals surface area contributed by atoms with Crippen molar-refractivity contribution in [2.24, 2.45) is 0 Å². The van der Waals surface area contributed by atoms with E-state index in [2.05, 4.69) is 10.6 Å². The molecule has 6 nitrogen and oxygen atoms in total. The number of benzene rings is 1. The average Bonchev–Trinajstić information content (AvgIpc) is 3.41. The summed E-state index contributed by atoms with van der Waals surface area (Å²) in [5.41, 5.74) is 1.46. The lowest BCUT2D eigenvalue weighted by molar-refractivity contribution is -0.137. The highest BCUT2D eigenvalue weighted by molar-refractivity contribution is 7.10. The Morgan fingerprint density at radius 2 is 1.63 bits per heavy atom. The predicted molar refractivity (Wildman–Crippen MR) is 119 cm³/mol. The average molecular weight is 443 g/mol. The fraction of sp³-hybridized carbons (Fsp3) is 0.227. The zero-order valence-corrected chi connectivity index (χ0v) is 17.8. The Morgan fingerprint density at radius 3 is 2.27 bits per heavy atom. The molecule has 1 atom stereocenters. The van der Waals surface area contributed by atoms with Gasteiger partial charge >= 0.3 is 5.97 Å². The lowest BCUT2D eigenvalue weighted by Gasteiger charge is -2.13. The van der Waals surface area contributed by atoms with Crippen LogP contribution in [0.25, 0.3) is 0 Å². The van der Waals surface area contributed by atoms with Crippen LogP contribution in [-0.2, 0) is 27.3 Å². The number of amides is 2. The maximum Gasteiger partial charge on any atom is 0.304 e. The monoisotopic (exact) mass is 442 g/mol. The van der Waals surface area contributed by atoms with E-state index in [0.29, 0.717) is 12.2 Å². The van der Waals surface area contributed by atoms with Crippen LogP contribution in [0, 0.1) is 0 Å². The molecule has 0 bridgehead atoms. The number of carbonyl (C=O) groups excluding carboxylic acids is 2. The van der Waals surface area contributed by atoms with Gasteiger partial charge in [0.1, 0.15) is 0 Å². The third-order valence-electron chi connectivity index (χ3n) is 4.44. The Hall–Kier alpha value is -2.97. The minimum Gasteiger partial charge on any atom is -0.481 e. The van der Waals surface area contributed by atoms with Gasteiger partial charge in [0.15, 0.2) is 0 Å². The number of hydrogen-bond donors (Lipinski definition) is 3. The molecule has 0 unspecified atom stereocenters. The van der Waals surface area contributed by atoms with Crippen LogP contribution in [0.4, 0.5) is 5.69 Å². The highest BCUT2D eigenvalue weighted by Gasteiger charge is 2.20. The summed E-state index contributed by atoms with van der Waals surface area (Å²) < 4.78 is 0. The smallest absolute Gasteiger partial charge is 0.304 e. The van der Waals surface area contributed by atoms with Gasteiger partial charge in [0.2, 0.25) is 11.8 Å². The maximum absolute atomic E-state index is 12.4. The number of thiophene rings is 2. The van der Waals surface area contributed by atoms with Crippen molar-refractivity contribution in [2.75, 3.05) is 5.32 Å². The van der Waals surface area contributed by atoms with Crippen molar-refractivity contribution >= 4 is 46.1 Å². The molecule has 156 valence electrons. The normalized spacial score (nSPS) is 11.6. The number of rotatable bonds is 10. The van der Waals surface area contributed by atoms with Gasteiger partial charge in [-0.1, -0.05) is 24.3 Å². The molecule has 0 aliphatic heterocycles. The molecular formula is C22H22N2O4S2. The fourth-order valence-electron chi connectivity index (χ4n) is 3.00. The number of anilines is 1. The second kappa shape index (κ2) is 10.7. The zero-order chi connectivity index (χ0) is 21.3. The number of nitrogens with one attached hydrogen (secondary N) is 2. The summed E-state index contributed by atoms with van der Waals surface area (Å²) in [7, 11) is 0. The quantitative estimate of drug-likeness (QED) is 0.437. The molecule has 0 aliphatic rings. The minimum atomic E-state index is -0.928. The Balaban J connectivity index is 1.49. The number of hydrogen-bond acceptors (Lipinski definition) is 5. The second-order valence-electron chi connectivity index (χ2n) is 6.79. The van der Waals surface area contributed by atoms with E-state index in [4.69, 9.17) is 5.11 Å². The summed E-state index contributed by atoms with van der Waals surface area (Å²) in [6.07, 6.45) is 0.270. The first-order chi connectivity index (χ1) is 14.5. The van der Waals surface area contributed by atoms with Gasteiger partial charge in [-0.3, -0.25) is 14.4 Å². The van der Waals surface area contributed by atoms with Crippen molar-refractivity contribution in [3.63, 3.8) is 0 Å². The first kappa shape index (κ1) is 21.7. The molecule has 0 spiro atoms. The number of carboxylic acids is 1. The van der Waals surface area contributed by atoms with Crippen LogP contribution in [0.15, 0.2) is 59.3 Å². The van der Waals surface area contributed by atoms with Gasteiger partial charge in [0, 0.05) is 27.8 Å². The summed E-state index contributed by atoms with van der Waals surface area (Å²) in [6, 6.07) is 14.7. The Labute approximate surface area is 182 Å². The second-order valence-corrected chi connectivity index (χ2v) is 8.80. The first-order valence-electron chi connectivity index (χ1n) is 9.42. The Kier molecular flexibility index (Phi) is 7.75. The van der Waals surface area contributed by atoms with Crippen molar-refractivity contribution in [1.82, 2.24) is 5.32 Å². The van der Waals surface area contributed by atoms with E-state index in [1.54, 1.807) is 35.6 Å². The molecule has 1 aromatic carbocycles. The molecule has 2 heterocycles. The highest BCUT2D eigenvalue weighted by atomic mass is 32.1. The third kappa shape index (κ3) is 6.82. The number of aliphatic carboxylic acids is 1. The maximum atomic E-state index is 12.4. The summed E-state index contributed by atoms with van der Waals surface area (Å²) >= 11 is 3.05. The molecule has 0 fully saturated rings. The lowest BCUT2D eigenvalue weighted by atomic mass is 9.99. The van der Waals surface area contributed by atoms with E-state index in [1.807, 2.05) is 35.0 Å². The van der Waals surface area contributed by atoms with Crippen LogP contribution in [-0.4, -0.2) is 22.9 Å². The summed E-state index contributed by atoms with van der Waals surface area (Å²) in [4.78, 5) is 37.6. The molecule has 3 N–H and O–H groups in total. The van der Waals surface area contributed by atoms with Crippen LogP contribution < -0.4 is 10.6 Å². The van der Waals surface area contributed by atoms with Gasteiger partial charge in [-0.2, -0.15) is 0 Å². The van der Waals surface area contributed by atoms with Crippen LogP contribution >= 0.6 is 22.7 Å². The molecule has 3 rings (SSSR count). The summed E-state index contributed by atoms with van der Waals surface area (Å²) in [5.74, 6) is -1.58. The SMILES string of the molecule is O=C(O)C[C@@H](CC(=O)Nc1ccc(CC(=O)NCc2cccs2)cc1)c1cccs1. The molecule has 2 aromatic heterocycles. The van der Waals surface area contributed by atoms with Crippen LogP contribution in [0.1, 0.15) is 34.1 Å². The van der Waals surface area contributed by atoms with E-state index in [0.717, 1.165) is 15.3 Å². The van der Waals surface area contributed by atoms with Gasteiger partial charge in [-0.15, -0.1) is 22.7 Å². The van der Waals surface area contributed by atoms with Gasteiger partial charge in [-0.05, 0) is 40.6 Å². The molecule has 0 saturated carbocycles. The van der Waals surface area contributed by atoms with Crippen LogP contribution in [0.3, 0.4) is 0 Å². The summed E-state index contributed by atoms with van der Waals surface area (Å²) in [6.45, 7) is 0.520. The highest BCUT2D eigenvalue weighted by Crippen LogP contribution is 2.28. The first-order valence-corrected chi connectivity index (χ1v) is 11.2. The van der Waals surface area contributed by atoms with Gasteiger partial charge in [0.25, 0.3) is 0 Å². The van der Waals surface area contributed by atoms with E-state index in [9.17, 15) is 14.4 Å². The lowest BCUT2D eigenvalue weighted by Crippen LogP contribution is -2.24. The Bertz CT molecular complexity index is 967. The molecule has 2 amide bonds. The molecule has 0 aliphatic carbocycles. The van der Waals surface area contributed by atoms with E-state index >= 15 is 0 Å². The molecule has 0 saturated heterocycles. The standard InChI is InChI=1S/C22H22N2O4S2/c25-20(23-14-18-3-1-9-29-18)11-15-5-7-17(8-6-15)24-21(26)12-16(13-22(27)28)19-4-2-10-30-19/h1-10,16H,11-14H2,(H,23,25)(H,24,26)(H,27,28)/t16-/m1/s1. The van der Waals surface area contributed by atoms with Crippen molar-refractivity contribution in [2.45, 2.75) is 31.7 Å². The van der Waals surface area contributed by atoms with E-state index < -0.39 is 5.97 Å².